The number of carbonyl (C=O) groups is 1. The van der Waals surface area contributed by atoms with E-state index in [1.165, 1.54) is 5.56 Å². The Bertz CT molecular complexity index is 624. The number of carbonyl (C=O) groups excluding carboxylic acids is 1. The molecule has 0 radical (unpaired) electrons. The average molecular weight is 280 g/mol. The molecule has 0 saturated heterocycles. The van der Waals surface area contributed by atoms with Gasteiger partial charge in [0.05, 0.1) is 5.41 Å². The average Bonchev–Trinajstić information content (AvgIpc) is 2.54. The van der Waals surface area contributed by atoms with E-state index in [-0.39, 0.29) is 5.78 Å². The second kappa shape index (κ2) is 6.26. The molecule has 0 aliphatic heterocycles. The minimum absolute atomic E-state index is 0.209. The molecule has 0 aliphatic carbocycles. The molecule has 2 rings (SSSR count). The molecule has 0 atom stereocenters. The molecule has 0 bridgehead atoms. The molecule has 2 aromatic rings. The topological polar surface area (TPSA) is 17.1 Å². The molecule has 0 unspecified atom stereocenters. The van der Waals surface area contributed by atoms with Crippen molar-refractivity contribution in [3.8, 4) is 0 Å². The van der Waals surface area contributed by atoms with E-state index in [0.29, 0.717) is 0 Å². The minimum atomic E-state index is -0.502. The highest BCUT2D eigenvalue weighted by atomic mass is 16.1. The van der Waals surface area contributed by atoms with E-state index in [2.05, 4.69) is 32.0 Å². The molecule has 0 spiro atoms. The van der Waals surface area contributed by atoms with Crippen LogP contribution in [-0.2, 0) is 18.3 Å². The maximum Gasteiger partial charge on any atom is 0.173 e. The monoisotopic (exact) mass is 280 g/mol. The fraction of sp³-hybridized carbons (Fsp3) is 0.350. The SMILES string of the molecule is CCc1ccc(CC)c(C(=O)C(C)(C)c2ccccc2)c1. The Balaban J connectivity index is 2.48. The Morgan fingerprint density at radius 3 is 2.19 bits per heavy atom. The summed E-state index contributed by atoms with van der Waals surface area (Å²) in [5, 5.41) is 0. The number of aryl methyl sites for hydroxylation is 2. The first-order valence-electron chi connectivity index (χ1n) is 7.72. The van der Waals surface area contributed by atoms with Crippen molar-refractivity contribution in [3.05, 3.63) is 70.8 Å². The van der Waals surface area contributed by atoms with Crippen LogP contribution < -0.4 is 0 Å². The van der Waals surface area contributed by atoms with Crippen molar-refractivity contribution in [2.24, 2.45) is 0 Å². The van der Waals surface area contributed by atoms with Crippen LogP contribution in [0.15, 0.2) is 48.5 Å². The number of hydrogen-bond acceptors (Lipinski definition) is 1. The minimum Gasteiger partial charge on any atom is -0.293 e. The third-order valence-corrected chi connectivity index (χ3v) is 4.27. The van der Waals surface area contributed by atoms with Crippen LogP contribution in [0, 0.1) is 0 Å². The number of hydrogen-bond donors (Lipinski definition) is 0. The summed E-state index contributed by atoms with van der Waals surface area (Å²) in [5.74, 6) is 0.209. The lowest BCUT2D eigenvalue weighted by Gasteiger charge is -2.25. The molecular weight excluding hydrogens is 256 g/mol. The highest BCUT2D eigenvalue weighted by Gasteiger charge is 2.31. The Hall–Kier alpha value is -1.89. The zero-order chi connectivity index (χ0) is 15.5. The number of Topliss-reactive ketones (excluding diaryl/α,β-unsaturated/α-hetero) is 1. The quantitative estimate of drug-likeness (QED) is 0.706. The van der Waals surface area contributed by atoms with Crippen molar-refractivity contribution in [2.45, 2.75) is 46.0 Å². The van der Waals surface area contributed by atoms with Gasteiger partial charge in [0.25, 0.3) is 0 Å². The summed E-state index contributed by atoms with van der Waals surface area (Å²) < 4.78 is 0. The van der Waals surface area contributed by atoms with E-state index >= 15 is 0 Å². The Morgan fingerprint density at radius 1 is 0.952 bits per heavy atom. The van der Waals surface area contributed by atoms with Gasteiger partial charge in [0.1, 0.15) is 0 Å². The van der Waals surface area contributed by atoms with Gasteiger partial charge in [-0.25, -0.2) is 0 Å². The highest BCUT2D eigenvalue weighted by molar-refractivity contribution is 6.04. The second-order valence-electron chi connectivity index (χ2n) is 6.02. The van der Waals surface area contributed by atoms with Crippen LogP contribution in [-0.4, -0.2) is 5.78 Å². The molecule has 0 amide bonds. The number of benzene rings is 2. The molecular formula is C20H24O. The second-order valence-corrected chi connectivity index (χ2v) is 6.02. The molecule has 0 aliphatic rings. The van der Waals surface area contributed by atoms with Gasteiger partial charge in [-0.2, -0.15) is 0 Å². The van der Waals surface area contributed by atoms with Gasteiger partial charge < -0.3 is 0 Å². The van der Waals surface area contributed by atoms with Crippen LogP contribution in [0.25, 0.3) is 0 Å². The van der Waals surface area contributed by atoms with E-state index in [1.54, 1.807) is 0 Å². The lowest BCUT2D eigenvalue weighted by molar-refractivity contribution is 0.0907. The summed E-state index contributed by atoms with van der Waals surface area (Å²) in [7, 11) is 0. The van der Waals surface area contributed by atoms with Gasteiger partial charge in [0.2, 0.25) is 0 Å². The van der Waals surface area contributed by atoms with Gasteiger partial charge in [0.15, 0.2) is 5.78 Å². The van der Waals surface area contributed by atoms with Crippen molar-refractivity contribution >= 4 is 5.78 Å². The van der Waals surface area contributed by atoms with Gasteiger partial charge >= 0.3 is 0 Å². The van der Waals surface area contributed by atoms with Crippen molar-refractivity contribution in [2.75, 3.05) is 0 Å². The van der Waals surface area contributed by atoms with E-state index in [9.17, 15) is 4.79 Å². The highest BCUT2D eigenvalue weighted by Crippen LogP contribution is 2.29. The summed E-state index contributed by atoms with van der Waals surface area (Å²) >= 11 is 0. The first-order chi connectivity index (χ1) is 10.0. The number of ketones is 1. The normalized spacial score (nSPS) is 11.4. The standard InChI is InChI=1S/C20H24O/c1-5-15-12-13-16(6-2)18(14-15)19(21)20(3,4)17-10-8-7-9-11-17/h7-14H,5-6H2,1-4H3. The third-order valence-electron chi connectivity index (χ3n) is 4.27. The molecule has 0 heterocycles. The van der Waals surface area contributed by atoms with E-state index in [4.69, 9.17) is 0 Å². The predicted octanol–water partition coefficient (Wildman–Crippen LogP) is 4.97. The third kappa shape index (κ3) is 3.07. The maximum absolute atomic E-state index is 13.1. The largest absolute Gasteiger partial charge is 0.293 e. The smallest absolute Gasteiger partial charge is 0.173 e. The first-order valence-corrected chi connectivity index (χ1v) is 7.72. The molecule has 0 fully saturated rings. The molecule has 110 valence electrons. The fourth-order valence-electron chi connectivity index (χ4n) is 2.69. The fourth-order valence-corrected chi connectivity index (χ4v) is 2.69. The molecule has 2 aromatic carbocycles. The van der Waals surface area contributed by atoms with Crippen molar-refractivity contribution < 1.29 is 4.79 Å². The Morgan fingerprint density at radius 2 is 1.62 bits per heavy atom. The zero-order valence-electron chi connectivity index (χ0n) is 13.4. The summed E-state index contributed by atoms with van der Waals surface area (Å²) in [6.45, 7) is 8.26. The van der Waals surface area contributed by atoms with Gasteiger partial charge in [-0.1, -0.05) is 56.3 Å². The van der Waals surface area contributed by atoms with Crippen LogP contribution >= 0.6 is 0 Å². The van der Waals surface area contributed by atoms with Crippen LogP contribution in [0.3, 0.4) is 0 Å². The van der Waals surface area contributed by atoms with E-state index in [0.717, 1.165) is 29.5 Å². The molecule has 1 nitrogen and oxygen atoms in total. The van der Waals surface area contributed by atoms with Gasteiger partial charge in [-0.3, -0.25) is 4.79 Å². The molecule has 0 aromatic heterocycles. The lowest BCUT2D eigenvalue weighted by Crippen LogP contribution is -2.30. The first kappa shape index (κ1) is 15.5. The molecule has 0 N–H and O–H groups in total. The number of rotatable bonds is 5. The molecule has 21 heavy (non-hydrogen) atoms. The van der Waals surface area contributed by atoms with Gasteiger partial charge in [-0.05, 0) is 49.4 Å². The van der Waals surface area contributed by atoms with Crippen molar-refractivity contribution in [1.29, 1.82) is 0 Å². The Labute approximate surface area is 128 Å². The van der Waals surface area contributed by atoms with Crippen LogP contribution in [0.1, 0.15) is 54.7 Å². The summed E-state index contributed by atoms with van der Waals surface area (Å²) in [5.41, 5.74) is 3.81. The summed E-state index contributed by atoms with van der Waals surface area (Å²) in [4.78, 5) is 13.1. The van der Waals surface area contributed by atoms with Crippen molar-refractivity contribution in [3.63, 3.8) is 0 Å². The summed E-state index contributed by atoms with van der Waals surface area (Å²) in [6, 6.07) is 16.4. The van der Waals surface area contributed by atoms with E-state index in [1.807, 2.05) is 44.2 Å². The molecule has 1 heteroatoms. The van der Waals surface area contributed by atoms with Crippen LogP contribution in [0.4, 0.5) is 0 Å². The zero-order valence-corrected chi connectivity index (χ0v) is 13.4. The lowest BCUT2D eigenvalue weighted by atomic mass is 9.76. The van der Waals surface area contributed by atoms with Crippen molar-refractivity contribution in [1.82, 2.24) is 0 Å². The summed E-state index contributed by atoms with van der Waals surface area (Å²) in [6.07, 6.45) is 1.84. The van der Waals surface area contributed by atoms with Crippen LogP contribution in [0.2, 0.25) is 0 Å². The van der Waals surface area contributed by atoms with Gasteiger partial charge in [-0.15, -0.1) is 0 Å². The van der Waals surface area contributed by atoms with Crippen LogP contribution in [0.5, 0.6) is 0 Å². The van der Waals surface area contributed by atoms with E-state index < -0.39 is 5.41 Å². The molecule has 0 saturated carbocycles. The Kier molecular flexibility index (Phi) is 4.62. The maximum atomic E-state index is 13.1. The van der Waals surface area contributed by atoms with Gasteiger partial charge in [0, 0.05) is 5.56 Å². The predicted molar refractivity (Wildman–Crippen MR) is 89.0 cm³/mol.